The van der Waals surface area contributed by atoms with Gasteiger partial charge in [0.2, 0.25) is 0 Å². The van der Waals surface area contributed by atoms with E-state index in [1.54, 1.807) is 7.11 Å². The summed E-state index contributed by atoms with van der Waals surface area (Å²) >= 11 is 0. The molecule has 1 unspecified atom stereocenters. The summed E-state index contributed by atoms with van der Waals surface area (Å²) in [5.74, 6) is 1.45. The van der Waals surface area contributed by atoms with Crippen LogP contribution in [-0.2, 0) is 0 Å². The average molecular weight is 262 g/mol. The Kier molecular flexibility index (Phi) is 6.76. The monoisotopic (exact) mass is 262 g/mol. The molecule has 0 aliphatic carbocycles. The summed E-state index contributed by atoms with van der Waals surface area (Å²) < 4.78 is 10.9. The summed E-state index contributed by atoms with van der Waals surface area (Å²) in [5.41, 5.74) is 1.13. The summed E-state index contributed by atoms with van der Waals surface area (Å²) in [6.07, 6.45) is 1.68. The van der Waals surface area contributed by atoms with E-state index in [-0.39, 0.29) is 6.04 Å². The molecule has 4 nitrogen and oxygen atoms in total. The van der Waals surface area contributed by atoms with Crippen LogP contribution < -0.4 is 14.8 Å². The third-order valence-electron chi connectivity index (χ3n) is 2.78. The number of rotatable bonds is 8. The van der Waals surface area contributed by atoms with Gasteiger partial charge < -0.3 is 14.8 Å². The molecular formula is C15H22N2O2. The van der Waals surface area contributed by atoms with Crippen LogP contribution in [0.2, 0.25) is 0 Å². The minimum atomic E-state index is -0.156. The predicted molar refractivity (Wildman–Crippen MR) is 75.5 cm³/mol. The van der Waals surface area contributed by atoms with Gasteiger partial charge in [-0.15, -0.1) is 0 Å². The van der Waals surface area contributed by atoms with Crippen molar-refractivity contribution >= 4 is 0 Å². The Bertz CT molecular complexity index is 427. The summed E-state index contributed by atoms with van der Waals surface area (Å²) in [6, 6.07) is 7.90. The van der Waals surface area contributed by atoms with Crippen molar-refractivity contribution in [2.75, 3.05) is 20.3 Å². The number of nitriles is 1. The van der Waals surface area contributed by atoms with E-state index in [2.05, 4.69) is 18.3 Å². The van der Waals surface area contributed by atoms with E-state index < -0.39 is 0 Å². The molecule has 0 saturated carbocycles. The van der Waals surface area contributed by atoms with Crippen molar-refractivity contribution in [1.29, 1.82) is 5.26 Å². The number of hydrogen-bond donors (Lipinski definition) is 1. The Morgan fingerprint density at radius 1 is 1.37 bits per heavy atom. The van der Waals surface area contributed by atoms with Gasteiger partial charge in [-0.3, -0.25) is 0 Å². The molecule has 1 aromatic carbocycles. The largest absolute Gasteiger partial charge is 0.493 e. The summed E-state index contributed by atoms with van der Waals surface area (Å²) in [7, 11) is 1.63. The fourth-order valence-corrected chi connectivity index (χ4v) is 1.71. The molecule has 0 saturated heterocycles. The third kappa shape index (κ3) is 5.19. The molecule has 0 aliphatic heterocycles. The standard InChI is InChI=1S/C15H22N2O2/c1-4-8-17-13(11-16)7-9-19-14-6-5-12(2)10-15(14)18-3/h5-6,10,13,17H,4,7-9H2,1-3H3. The zero-order valence-electron chi connectivity index (χ0n) is 11.9. The maximum atomic E-state index is 8.99. The summed E-state index contributed by atoms with van der Waals surface area (Å²) in [6.45, 7) is 5.43. The Balaban J connectivity index is 2.46. The highest BCUT2D eigenvalue weighted by molar-refractivity contribution is 5.42. The van der Waals surface area contributed by atoms with Crippen molar-refractivity contribution in [3.63, 3.8) is 0 Å². The van der Waals surface area contributed by atoms with Crippen molar-refractivity contribution < 1.29 is 9.47 Å². The van der Waals surface area contributed by atoms with Gasteiger partial charge in [0.1, 0.15) is 0 Å². The average Bonchev–Trinajstić information content (AvgIpc) is 2.43. The second kappa shape index (κ2) is 8.39. The maximum absolute atomic E-state index is 8.99. The van der Waals surface area contributed by atoms with E-state index in [0.29, 0.717) is 13.0 Å². The van der Waals surface area contributed by atoms with E-state index in [1.165, 1.54) is 0 Å². The van der Waals surface area contributed by atoms with Crippen LogP contribution in [0.3, 0.4) is 0 Å². The number of methoxy groups -OCH3 is 1. The molecule has 1 atom stereocenters. The van der Waals surface area contributed by atoms with Crippen LogP contribution >= 0.6 is 0 Å². The lowest BCUT2D eigenvalue weighted by Crippen LogP contribution is -2.29. The Hall–Kier alpha value is -1.73. The van der Waals surface area contributed by atoms with Gasteiger partial charge in [-0.25, -0.2) is 0 Å². The fourth-order valence-electron chi connectivity index (χ4n) is 1.71. The molecule has 1 aromatic rings. The minimum Gasteiger partial charge on any atom is -0.493 e. The van der Waals surface area contributed by atoms with Gasteiger partial charge >= 0.3 is 0 Å². The van der Waals surface area contributed by atoms with Gasteiger partial charge in [0, 0.05) is 6.42 Å². The van der Waals surface area contributed by atoms with E-state index in [0.717, 1.165) is 30.0 Å². The molecule has 1 N–H and O–H groups in total. The van der Waals surface area contributed by atoms with Crippen LogP contribution in [-0.4, -0.2) is 26.3 Å². The molecule has 0 radical (unpaired) electrons. The van der Waals surface area contributed by atoms with Gasteiger partial charge in [-0.2, -0.15) is 5.26 Å². The number of ether oxygens (including phenoxy) is 2. The number of aryl methyl sites for hydroxylation is 1. The number of nitrogens with zero attached hydrogens (tertiary/aromatic N) is 1. The molecule has 0 aromatic heterocycles. The first-order chi connectivity index (χ1) is 9.21. The highest BCUT2D eigenvalue weighted by Crippen LogP contribution is 2.27. The Morgan fingerprint density at radius 3 is 2.79 bits per heavy atom. The Labute approximate surface area is 115 Å². The van der Waals surface area contributed by atoms with Crippen molar-refractivity contribution in [1.82, 2.24) is 5.32 Å². The SMILES string of the molecule is CCCNC(C#N)CCOc1ccc(C)cc1OC. The fraction of sp³-hybridized carbons (Fsp3) is 0.533. The van der Waals surface area contributed by atoms with Crippen molar-refractivity contribution in [2.24, 2.45) is 0 Å². The molecule has 0 amide bonds. The van der Waals surface area contributed by atoms with Gasteiger partial charge in [0.15, 0.2) is 11.5 Å². The van der Waals surface area contributed by atoms with Crippen LogP contribution in [0, 0.1) is 18.3 Å². The third-order valence-corrected chi connectivity index (χ3v) is 2.78. The topological polar surface area (TPSA) is 54.3 Å². The first-order valence-corrected chi connectivity index (χ1v) is 6.61. The highest BCUT2D eigenvalue weighted by atomic mass is 16.5. The van der Waals surface area contributed by atoms with Gasteiger partial charge in [-0.1, -0.05) is 13.0 Å². The van der Waals surface area contributed by atoms with Crippen molar-refractivity contribution in [3.05, 3.63) is 23.8 Å². The van der Waals surface area contributed by atoms with Crippen LogP contribution in [0.25, 0.3) is 0 Å². The summed E-state index contributed by atoms with van der Waals surface area (Å²) in [5, 5.41) is 12.2. The zero-order valence-corrected chi connectivity index (χ0v) is 11.9. The molecule has 19 heavy (non-hydrogen) atoms. The smallest absolute Gasteiger partial charge is 0.161 e. The molecule has 0 bridgehead atoms. The molecule has 0 spiro atoms. The second-order valence-corrected chi connectivity index (χ2v) is 4.43. The number of nitrogens with one attached hydrogen (secondary N) is 1. The van der Waals surface area contributed by atoms with E-state index in [4.69, 9.17) is 14.7 Å². The Morgan fingerprint density at radius 2 is 2.16 bits per heavy atom. The minimum absolute atomic E-state index is 0.156. The van der Waals surface area contributed by atoms with Gasteiger partial charge in [0.05, 0.1) is 25.8 Å². The molecule has 0 aliphatic rings. The van der Waals surface area contributed by atoms with E-state index in [1.807, 2.05) is 25.1 Å². The zero-order chi connectivity index (χ0) is 14.1. The quantitative estimate of drug-likeness (QED) is 0.782. The maximum Gasteiger partial charge on any atom is 0.161 e. The van der Waals surface area contributed by atoms with Gasteiger partial charge in [-0.05, 0) is 37.6 Å². The van der Waals surface area contributed by atoms with Gasteiger partial charge in [0.25, 0.3) is 0 Å². The lowest BCUT2D eigenvalue weighted by atomic mass is 10.2. The van der Waals surface area contributed by atoms with Crippen molar-refractivity contribution in [2.45, 2.75) is 32.7 Å². The van der Waals surface area contributed by atoms with Crippen LogP contribution in [0.4, 0.5) is 0 Å². The summed E-state index contributed by atoms with van der Waals surface area (Å²) in [4.78, 5) is 0. The molecular weight excluding hydrogens is 240 g/mol. The normalized spacial score (nSPS) is 11.7. The van der Waals surface area contributed by atoms with Crippen LogP contribution in [0.15, 0.2) is 18.2 Å². The predicted octanol–water partition coefficient (Wildman–Crippen LogP) is 2.66. The molecule has 104 valence electrons. The van der Waals surface area contributed by atoms with Crippen LogP contribution in [0.5, 0.6) is 11.5 Å². The first kappa shape index (κ1) is 15.3. The lowest BCUT2D eigenvalue weighted by molar-refractivity contribution is 0.279. The first-order valence-electron chi connectivity index (χ1n) is 6.61. The van der Waals surface area contributed by atoms with Crippen molar-refractivity contribution in [3.8, 4) is 17.6 Å². The van der Waals surface area contributed by atoms with E-state index >= 15 is 0 Å². The van der Waals surface area contributed by atoms with Crippen LogP contribution in [0.1, 0.15) is 25.3 Å². The van der Waals surface area contributed by atoms with E-state index in [9.17, 15) is 0 Å². The molecule has 0 fully saturated rings. The molecule has 4 heteroatoms. The highest BCUT2D eigenvalue weighted by Gasteiger charge is 2.08. The number of benzene rings is 1. The molecule has 1 rings (SSSR count). The number of hydrogen-bond acceptors (Lipinski definition) is 4. The lowest BCUT2D eigenvalue weighted by Gasteiger charge is -2.13. The molecule has 0 heterocycles. The second-order valence-electron chi connectivity index (χ2n) is 4.43.